The molecule has 33 heavy (non-hydrogen) atoms. The summed E-state index contributed by atoms with van der Waals surface area (Å²) in [5.41, 5.74) is 4.85. The molecule has 0 aliphatic carbocycles. The molecule has 1 unspecified atom stereocenters. The average molecular weight is 448 g/mol. The van der Waals surface area contributed by atoms with Gasteiger partial charge in [0.15, 0.2) is 0 Å². The zero-order chi connectivity index (χ0) is 23.8. The molecular formula is C26H29N3O4. The van der Waals surface area contributed by atoms with E-state index in [0.717, 1.165) is 40.1 Å². The monoisotopic (exact) mass is 447 g/mol. The Morgan fingerprint density at radius 3 is 2.70 bits per heavy atom. The van der Waals surface area contributed by atoms with Crippen LogP contribution in [-0.2, 0) is 13.0 Å². The summed E-state index contributed by atoms with van der Waals surface area (Å²) in [4.78, 5) is 32.5. The van der Waals surface area contributed by atoms with Crippen LogP contribution >= 0.6 is 0 Å². The lowest BCUT2D eigenvalue weighted by molar-refractivity contribution is 0.0950. The van der Waals surface area contributed by atoms with E-state index in [1.165, 1.54) is 0 Å². The Hall–Kier alpha value is -3.61. The number of carbonyl (C=O) groups excluding carboxylic acids is 1. The van der Waals surface area contributed by atoms with E-state index in [2.05, 4.69) is 29.1 Å². The van der Waals surface area contributed by atoms with Crippen molar-refractivity contribution in [2.24, 2.45) is 0 Å². The second-order valence-corrected chi connectivity index (χ2v) is 8.81. The highest BCUT2D eigenvalue weighted by Gasteiger charge is 2.35. The van der Waals surface area contributed by atoms with Gasteiger partial charge in [-0.1, -0.05) is 6.92 Å². The van der Waals surface area contributed by atoms with Gasteiger partial charge in [-0.05, 0) is 62.6 Å². The van der Waals surface area contributed by atoms with Crippen LogP contribution in [0.4, 0.5) is 0 Å². The maximum absolute atomic E-state index is 13.1. The Labute approximate surface area is 193 Å². The first-order chi connectivity index (χ1) is 15.7. The van der Waals surface area contributed by atoms with Crippen molar-refractivity contribution in [3.63, 3.8) is 0 Å². The zero-order valence-electron chi connectivity index (χ0n) is 19.7. The van der Waals surface area contributed by atoms with Gasteiger partial charge in [0.05, 0.1) is 7.11 Å². The van der Waals surface area contributed by atoms with E-state index in [1.807, 2.05) is 38.1 Å². The maximum Gasteiger partial charge on any atom is 0.253 e. The summed E-state index contributed by atoms with van der Waals surface area (Å²) in [6.45, 7) is 8.03. The molecule has 1 amide bonds. The van der Waals surface area contributed by atoms with Gasteiger partial charge >= 0.3 is 0 Å². The molecule has 7 heteroatoms. The molecule has 0 fully saturated rings. The fourth-order valence-corrected chi connectivity index (χ4v) is 4.20. The standard InChI is InChI=1S/C26H29N3O4/c1-6-26(4)12-19-10-18(24(30)28-14-21-15(2)9-16(3)29-25(21)31)11-20(23(19)33-26)17-7-8-22(32-5)27-13-17/h7-11,13H,6,12,14H2,1-5H3,(H,28,30)(H,29,31). The maximum atomic E-state index is 13.1. The molecule has 0 bridgehead atoms. The van der Waals surface area contributed by atoms with Gasteiger partial charge < -0.3 is 19.8 Å². The quantitative estimate of drug-likeness (QED) is 0.594. The van der Waals surface area contributed by atoms with Crippen LogP contribution in [0.5, 0.6) is 11.6 Å². The van der Waals surface area contributed by atoms with Crippen LogP contribution in [0.2, 0.25) is 0 Å². The lowest BCUT2D eigenvalue weighted by atomic mass is 9.93. The number of nitrogens with zero attached hydrogens (tertiary/aromatic N) is 1. The minimum Gasteiger partial charge on any atom is -0.486 e. The molecule has 0 saturated carbocycles. The molecule has 1 aliphatic heterocycles. The van der Waals surface area contributed by atoms with E-state index in [9.17, 15) is 9.59 Å². The van der Waals surface area contributed by atoms with Crippen LogP contribution in [0.15, 0.2) is 41.3 Å². The second-order valence-electron chi connectivity index (χ2n) is 8.81. The van der Waals surface area contributed by atoms with Gasteiger partial charge in [0, 0.05) is 53.2 Å². The molecule has 4 rings (SSSR count). The molecule has 7 nitrogen and oxygen atoms in total. The predicted molar refractivity (Wildman–Crippen MR) is 127 cm³/mol. The summed E-state index contributed by atoms with van der Waals surface area (Å²) >= 11 is 0. The molecular weight excluding hydrogens is 418 g/mol. The number of amides is 1. The van der Waals surface area contributed by atoms with Crippen molar-refractivity contribution in [1.29, 1.82) is 0 Å². The fraction of sp³-hybridized carbons (Fsp3) is 0.346. The molecule has 0 spiro atoms. The van der Waals surface area contributed by atoms with E-state index in [-0.39, 0.29) is 23.6 Å². The Morgan fingerprint density at radius 2 is 2.06 bits per heavy atom. The number of aromatic amines is 1. The van der Waals surface area contributed by atoms with Gasteiger partial charge in [-0.15, -0.1) is 0 Å². The van der Waals surface area contributed by atoms with E-state index in [0.29, 0.717) is 23.4 Å². The van der Waals surface area contributed by atoms with Gasteiger partial charge in [-0.2, -0.15) is 0 Å². The number of ether oxygens (including phenoxy) is 2. The van der Waals surface area contributed by atoms with Crippen LogP contribution in [0.25, 0.3) is 11.1 Å². The molecule has 3 aromatic rings. The largest absolute Gasteiger partial charge is 0.486 e. The summed E-state index contributed by atoms with van der Waals surface area (Å²) < 4.78 is 11.5. The first-order valence-corrected chi connectivity index (χ1v) is 11.1. The first-order valence-electron chi connectivity index (χ1n) is 11.1. The van der Waals surface area contributed by atoms with Crippen LogP contribution in [-0.4, -0.2) is 28.6 Å². The van der Waals surface area contributed by atoms with Crippen molar-refractivity contribution < 1.29 is 14.3 Å². The van der Waals surface area contributed by atoms with Crippen molar-refractivity contribution in [3.8, 4) is 22.8 Å². The topological polar surface area (TPSA) is 93.3 Å². The van der Waals surface area contributed by atoms with Gasteiger partial charge in [-0.25, -0.2) is 4.98 Å². The minimum atomic E-state index is -0.321. The highest BCUT2D eigenvalue weighted by Crippen LogP contribution is 2.44. The number of carbonyl (C=O) groups is 1. The van der Waals surface area contributed by atoms with Gasteiger partial charge in [0.1, 0.15) is 11.4 Å². The Balaban J connectivity index is 1.68. The van der Waals surface area contributed by atoms with Crippen LogP contribution in [0, 0.1) is 13.8 Å². The number of H-pyrrole nitrogens is 1. The SMILES string of the molecule is CCC1(C)Cc2cc(C(=O)NCc3c(C)cc(C)[nH]c3=O)cc(-c3ccc(OC)nc3)c2O1. The van der Waals surface area contributed by atoms with E-state index in [4.69, 9.17) is 9.47 Å². The zero-order valence-corrected chi connectivity index (χ0v) is 19.7. The Morgan fingerprint density at radius 1 is 1.27 bits per heavy atom. The van der Waals surface area contributed by atoms with Gasteiger partial charge in [0.25, 0.3) is 11.5 Å². The summed E-state index contributed by atoms with van der Waals surface area (Å²) in [6, 6.07) is 9.30. The number of aromatic nitrogens is 2. The van der Waals surface area contributed by atoms with Crippen molar-refractivity contribution in [2.45, 2.75) is 52.7 Å². The Bertz CT molecular complexity index is 1260. The number of methoxy groups -OCH3 is 1. The molecule has 2 N–H and O–H groups in total. The molecule has 0 radical (unpaired) electrons. The summed E-state index contributed by atoms with van der Waals surface area (Å²) in [6.07, 6.45) is 3.28. The van der Waals surface area contributed by atoms with Crippen molar-refractivity contribution in [2.75, 3.05) is 7.11 Å². The van der Waals surface area contributed by atoms with Gasteiger partial charge in [-0.3, -0.25) is 9.59 Å². The van der Waals surface area contributed by atoms with Crippen molar-refractivity contribution >= 4 is 5.91 Å². The molecule has 3 heterocycles. The number of fused-ring (bicyclic) bond motifs is 1. The third-order valence-electron chi connectivity index (χ3n) is 6.26. The number of nitrogens with one attached hydrogen (secondary N) is 2. The number of benzene rings is 1. The third kappa shape index (κ3) is 4.49. The Kier molecular flexibility index (Phi) is 5.97. The smallest absolute Gasteiger partial charge is 0.253 e. The summed E-state index contributed by atoms with van der Waals surface area (Å²) in [5, 5.41) is 2.90. The number of pyridine rings is 2. The van der Waals surface area contributed by atoms with Crippen molar-refractivity contribution in [1.82, 2.24) is 15.3 Å². The summed E-state index contributed by atoms with van der Waals surface area (Å²) in [7, 11) is 1.57. The third-order valence-corrected chi connectivity index (χ3v) is 6.26. The van der Waals surface area contributed by atoms with Gasteiger partial charge in [0.2, 0.25) is 5.88 Å². The van der Waals surface area contributed by atoms with E-state index in [1.54, 1.807) is 19.4 Å². The number of hydrogen-bond donors (Lipinski definition) is 2. The minimum absolute atomic E-state index is 0.153. The molecule has 1 atom stereocenters. The molecule has 172 valence electrons. The average Bonchev–Trinajstić information content (AvgIpc) is 3.14. The molecule has 0 saturated heterocycles. The summed E-state index contributed by atoms with van der Waals surface area (Å²) in [5.74, 6) is 1.06. The highest BCUT2D eigenvalue weighted by atomic mass is 16.5. The normalized spacial score (nSPS) is 16.8. The highest BCUT2D eigenvalue weighted by molar-refractivity contribution is 5.96. The molecule has 1 aliphatic rings. The van der Waals surface area contributed by atoms with Crippen LogP contribution < -0.4 is 20.3 Å². The second kappa shape index (κ2) is 8.73. The van der Waals surface area contributed by atoms with Crippen LogP contribution in [0.1, 0.15) is 53.0 Å². The lowest BCUT2D eigenvalue weighted by Crippen LogP contribution is -2.28. The van der Waals surface area contributed by atoms with Crippen molar-refractivity contribution in [3.05, 3.63) is 74.8 Å². The van der Waals surface area contributed by atoms with Crippen LogP contribution in [0.3, 0.4) is 0 Å². The first kappa shape index (κ1) is 22.6. The number of rotatable bonds is 6. The predicted octanol–water partition coefficient (Wildman–Crippen LogP) is 4.10. The molecule has 2 aromatic heterocycles. The fourth-order valence-electron chi connectivity index (χ4n) is 4.20. The lowest BCUT2D eigenvalue weighted by Gasteiger charge is -2.22. The van der Waals surface area contributed by atoms with E-state index >= 15 is 0 Å². The number of aryl methyl sites for hydroxylation is 2. The van der Waals surface area contributed by atoms with E-state index < -0.39 is 0 Å². The number of hydrogen-bond acceptors (Lipinski definition) is 5. The molecule has 1 aromatic carbocycles.